The minimum absolute atomic E-state index is 0.114. The summed E-state index contributed by atoms with van der Waals surface area (Å²) in [5.41, 5.74) is 0.841. The van der Waals surface area contributed by atoms with Crippen molar-refractivity contribution in [2.24, 2.45) is 0 Å². The number of carbonyl (C=O) groups is 3. The van der Waals surface area contributed by atoms with E-state index >= 15 is 0 Å². The number of amides is 2. The molecule has 0 spiro atoms. The zero-order valence-corrected chi connectivity index (χ0v) is 14.7. The van der Waals surface area contributed by atoms with Crippen LogP contribution in [0.5, 0.6) is 5.75 Å². The molecule has 6 heteroatoms. The van der Waals surface area contributed by atoms with Gasteiger partial charge in [-0.1, -0.05) is 37.3 Å². The molecule has 27 heavy (non-hydrogen) atoms. The van der Waals surface area contributed by atoms with Gasteiger partial charge >= 0.3 is 0 Å². The largest absolute Gasteiger partial charge is 0.480 e. The number of benzene rings is 2. The number of rotatable bonds is 4. The first kappa shape index (κ1) is 17.0. The number of ketones is 1. The highest BCUT2D eigenvalue weighted by Crippen LogP contribution is 2.27. The van der Waals surface area contributed by atoms with Crippen LogP contribution in [0.25, 0.3) is 11.0 Å². The third kappa shape index (κ3) is 2.99. The van der Waals surface area contributed by atoms with Crippen molar-refractivity contribution in [2.75, 3.05) is 6.54 Å². The summed E-state index contributed by atoms with van der Waals surface area (Å²) < 4.78 is 11.3. The van der Waals surface area contributed by atoms with Gasteiger partial charge < -0.3 is 9.15 Å². The summed E-state index contributed by atoms with van der Waals surface area (Å²) in [5.74, 6) is -1.05. The van der Waals surface area contributed by atoms with Crippen LogP contribution in [0, 0.1) is 0 Å². The fraction of sp³-hybridized carbons (Fsp3) is 0.190. The Bertz CT molecular complexity index is 1020. The van der Waals surface area contributed by atoms with Crippen LogP contribution in [0.3, 0.4) is 0 Å². The highest BCUT2D eigenvalue weighted by atomic mass is 16.5. The number of hydrogen-bond acceptors (Lipinski definition) is 5. The molecule has 0 radical (unpaired) electrons. The Kier molecular flexibility index (Phi) is 4.24. The number of para-hydroxylation sites is 2. The molecule has 0 fully saturated rings. The highest BCUT2D eigenvalue weighted by molar-refractivity contribution is 6.12. The van der Waals surface area contributed by atoms with Crippen molar-refractivity contribution in [3.05, 3.63) is 65.9 Å². The zero-order chi connectivity index (χ0) is 19.0. The molecule has 3 aromatic rings. The third-order valence-corrected chi connectivity index (χ3v) is 4.55. The fourth-order valence-corrected chi connectivity index (χ4v) is 3.12. The Morgan fingerprint density at radius 1 is 1.07 bits per heavy atom. The van der Waals surface area contributed by atoms with E-state index in [0.717, 1.165) is 10.3 Å². The number of fused-ring (bicyclic) bond motifs is 2. The van der Waals surface area contributed by atoms with Crippen molar-refractivity contribution in [3.63, 3.8) is 0 Å². The van der Waals surface area contributed by atoms with Crippen LogP contribution in [-0.4, -0.2) is 35.1 Å². The van der Waals surface area contributed by atoms with Gasteiger partial charge in [-0.25, -0.2) is 0 Å². The summed E-state index contributed by atoms with van der Waals surface area (Å²) in [4.78, 5) is 39.3. The molecular formula is C21H17NO5. The summed E-state index contributed by atoms with van der Waals surface area (Å²) >= 11 is 0. The van der Waals surface area contributed by atoms with Crippen molar-refractivity contribution in [1.82, 2.24) is 4.90 Å². The zero-order valence-electron chi connectivity index (χ0n) is 14.7. The average Bonchev–Trinajstić information content (AvgIpc) is 3.10. The molecular weight excluding hydrogens is 346 g/mol. The minimum atomic E-state index is -0.818. The molecule has 1 aromatic heterocycles. The molecule has 2 heterocycles. The van der Waals surface area contributed by atoms with Crippen LogP contribution >= 0.6 is 0 Å². The van der Waals surface area contributed by atoms with Crippen LogP contribution < -0.4 is 4.74 Å². The number of Topliss-reactive ketones (excluding diaryl/α,β-unsaturated/α-hetero) is 1. The average molecular weight is 363 g/mol. The number of hydrogen-bond donors (Lipinski definition) is 0. The Morgan fingerprint density at radius 3 is 2.59 bits per heavy atom. The molecule has 0 N–H and O–H groups in total. The lowest BCUT2D eigenvalue weighted by atomic mass is 10.1. The van der Waals surface area contributed by atoms with Crippen molar-refractivity contribution in [1.29, 1.82) is 0 Å². The Morgan fingerprint density at radius 2 is 1.81 bits per heavy atom. The monoisotopic (exact) mass is 363 g/mol. The minimum Gasteiger partial charge on any atom is -0.480 e. The molecule has 0 bridgehead atoms. The maximum absolute atomic E-state index is 12.9. The van der Waals surface area contributed by atoms with Crippen LogP contribution in [0.2, 0.25) is 0 Å². The topological polar surface area (TPSA) is 76.8 Å². The number of ether oxygens (including phenoxy) is 1. The molecule has 1 atom stereocenters. The van der Waals surface area contributed by atoms with Crippen molar-refractivity contribution >= 4 is 28.6 Å². The lowest BCUT2D eigenvalue weighted by Crippen LogP contribution is -2.45. The second kappa shape index (κ2) is 6.72. The lowest BCUT2D eigenvalue weighted by Gasteiger charge is -2.20. The van der Waals surface area contributed by atoms with Crippen molar-refractivity contribution < 1.29 is 23.5 Å². The van der Waals surface area contributed by atoms with Crippen LogP contribution in [0.15, 0.2) is 59.0 Å². The standard InChI is InChI=1S/C21H17NO5/c1-2-16-21(25)22(20(24)14-8-4-6-10-18(14)26-16)12-15(23)19-11-13-7-3-5-9-17(13)27-19/h3-11,16H,2,12H2,1H3/t16-/m0/s1. The first-order valence-electron chi connectivity index (χ1n) is 8.71. The summed E-state index contributed by atoms with van der Waals surface area (Å²) in [5, 5.41) is 0.787. The fourth-order valence-electron chi connectivity index (χ4n) is 3.12. The lowest BCUT2D eigenvalue weighted by molar-refractivity contribution is -0.135. The van der Waals surface area contributed by atoms with E-state index in [0.29, 0.717) is 17.8 Å². The molecule has 2 aromatic carbocycles. The summed E-state index contributed by atoms with van der Waals surface area (Å²) in [6, 6.07) is 15.5. The van der Waals surface area contributed by atoms with Gasteiger partial charge in [-0.3, -0.25) is 19.3 Å². The smallest absolute Gasteiger partial charge is 0.270 e. The van der Waals surface area contributed by atoms with E-state index in [2.05, 4.69) is 0 Å². The number of nitrogens with zero attached hydrogens (tertiary/aromatic N) is 1. The molecule has 4 rings (SSSR count). The first-order valence-corrected chi connectivity index (χ1v) is 8.71. The molecule has 2 amide bonds. The SMILES string of the molecule is CC[C@@H]1Oc2ccccc2C(=O)N(CC(=O)c2cc3ccccc3o2)C1=O. The summed E-state index contributed by atoms with van der Waals surface area (Å²) in [6.45, 7) is 1.39. The van der Waals surface area contributed by atoms with E-state index in [1.165, 1.54) is 0 Å². The Hall–Kier alpha value is -3.41. The van der Waals surface area contributed by atoms with Crippen molar-refractivity contribution in [3.8, 4) is 5.75 Å². The third-order valence-electron chi connectivity index (χ3n) is 4.55. The van der Waals surface area contributed by atoms with Gasteiger partial charge in [0.05, 0.1) is 12.1 Å². The first-order chi connectivity index (χ1) is 13.1. The second-order valence-electron chi connectivity index (χ2n) is 6.31. The van der Waals surface area contributed by atoms with Crippen LogP contribution in [-0.2, 0) is 4.79 Å². The predicted octanol–water partition coefficient (Wildman–Crippen LogP) is 3.46. The second-order valence-corrected chi connectivity index (χ2v) is 6.31. The van der Waals surface area contributed by atoms with Gasteiger partial charge in [-0.05, 0) is 30.7 Å². The molecule has 6 nitrogen and oxygen atoms in total. The molecule has 0 unspecified atom stereocenters. The van der Waals surface area contributed by atoms with E-state index in [-0.39, 0.29) is 11.3 Å². The molecule has 136 valence electrons. The van der Waals surface area contributed by atoms with Gasteiger partial charge in [0.1, 0.15) is 11.3 Å². The molecule has 1 aliphatic rings. The quantitative estimate of drug-likeness (QED) is 0.524. The van der Waals surface area contributed by atoms with Gasteiger partial charge in [0.25, 0.3) is 11.8 Å². The van der Waals surface area contributed by atoms with Gasteiger partial charge in [-0.2, -0.15) is 0 Å². The summed E-state index contributed by atoms with van der Waals surface area (Å²) in [6.07, 6.45) is -0.434. The van der Waals surface area contributed by atoms with Gasteiger partial charge in [0, 0.05) is 5.39 Å². The van der Waals surface area contributed by atoms with Gasteiger partial charge in [0.15, 0.2) is 11.9 Å². The van der Waals surface area contributed by atoms with E-state index in [1.807, 2.05) is 18.2 Å². The number of imide groups is 1. The molecule has 1 aliphatic heterocycles. The number of furan rings is 1. The van der Waals surface area contributed by atoms with Gasteiger partial charge in [-0.15, -0.1) is 0 Å². The van der Waals surface area contributed by atoms with Crippen LogP contribution in [0.4, 0.5) is 0 Å². The van der Waals surface area contributed by atoms with E-state index in [9.17, 15) is 14.4 Å². The molecule has 0 saturated carbocycles. The van der Waals surface area contributed by atoms with E-state index in [4.69, 9.17) is 9.15 Å². The predicted molar refractivity (Wildman–Crippen MR) is 97.7 cm³/mol. The molecule has 0 saturated heterocycles. The Balaban J connectivity index is 1.67. The Labute approximate surface area is 155 Å². The van der Waals surface area contributed by atoms with Gasteiger partial charge in [0.2, 0.25) is 5.78 Å². The van der Waals surface area contributed by atoms with E-state index in [1.54, 1.807) is 43.3 Å². The van der Waals surface area contributed by atoms with Crippen molar-refractivity contribution in [2.45, 2.75) is 19.4 Å². The molecule has 0 aliphatic carbocycles. The van der Waals surface area contributed by atoms with Crippen LogP contribution in [0.1, 0.15) is 34.3 Å². The maximum Gasteiger partial charge on any atom is 0.270 e. The normalized spacial score (nSPS) is 16.8. The highest BCUT2D eigenvalue weighted by Gasteiger charge is 2.37. The van der Waals surface area contributed by atoms with E-state index < -0.39 is 30.2 Å². The summed E-state index contributed by atoms with van der Waals surface area (Å²) in [7, 11) is 0. The maximum atomic E-state index is 12.9. The number of carbonyl (C=O) groups excluding carboxylic acids is 3.